The molecular weight excluding hydrogens is 306 g/mol. The molecule has 0 radical (unpaired) electrons. The zero-order chi connectivity index (χ0) is 17.7. The van der Waals surface area contributed by atoms with Crippen LogP contribution in [-0.4, -0.2) is 33.7 Å². The molecule has 24 heavy (non-hydrogen) atoms. The lowest BCUT2D eigenvalue weighted by Crippen LogP contribution is -2.48. The van der Waals surface area contributed by atoms with Crippen molar-refractivity contribution in [2.75, 3.05) is 0 Å². The highest BCUT2D eigenvalue weighted by Crippen LogP contribution is 2.33. The molecule has 1 aliphatic carbocycles. The van der Waals surface area contributed by atoms with Crippen LogP contribution in [0.25, 0.3) is 0 Å². The Labute approximate surface area is 143 Å². The van der Waals surface area contributed by atoms with Crippen molar-refractivity contribution in [3.63, 3.8) is 0 Å². The number of nitrogens with zero attached hydrogens (tertiary/aromatic N) is 2. The van der Waals surface area contributed by atoms with Gasteiger partial charge in [0.05, 0.1) is 0 Å². The number of hydrogen-bond donors (Lipinski definition) is 2. The minimum absolute atomic E-state index is 0.0149. The Kier molecular flexibility index (Phi) is 5.70. The van der Waals surface area contributed by atoms with Crippen LogP contribution in [0.3, 0.4) is 0 Å². The number of nitrogens with two attached hydrogens (primary N) is 1. The molecule has 0 saturated heterocycles. The summed E-state index contributed by atoms with van der Waals surface area (Å²) in [6, 6.07) is 8.74. The molecule has 1 saturated carbocycles. The first-order chi connectivity index (χ1) is 11.3. The molecule has 1 aromatic rings. The normalized spacial score (nSPS) is 17.5. The average Bonchev–Trinajstić information content (AvgIpc) is 3.04. The summed E-state index contributed by atoms with van der Waals surface area (Å²) in [6.07, 6.45) is 3.46. The maximum absolute atomic E-state index is 12.9. The number of benzene rings is 1. The van der Waals surface area contributed by atoms with Crippen molar-refractivity contribution in [2.45, 2.75) is 64.1 Å². The van der Waals surface area contributed by atoms with Crippen molar-refractivity contribution in [3.05, 3.63) is 35.9 Å². The van der Waals surface area contributed by atoms with Gasteiger partial charge in [0.25, 0.3) is 0 Å². The van der Waals surface area contributed by atoms with Crippen molar-refractivity contribution >= 4 is 11.9 Å². The first-order valence-corrected chi connectivity index (χ1v) is 8.37. The van der Waals surface area contributed by atoms with Gasteiger partial charge in [0.15, 0.2) is 5.84 Å². The van der Waals surface area contributed by atoms with E-state index in [1.165, 1.54) is 0 Å². The van der Waals surface area contributed by atoms with Gasteiger partial charge >= 0.3 is 6.09 Å². The molecular formula is C18H27N3O3. The summed E-state index contributed by atoms with van der Waals surface area (Å²) in [5.41, 5.74) is 6.16. The van der Waals surface area contributed by atoms with Crippen molar-refractivity contribution in [2.24, 2.45) is 10.9 Å². The predicted molar refractivity (Wildman–Crippen MR) is 92.9 cm³/mol. The average molecular weight is 333 g/mol. The number of hydrogen-bond acceptors (Lipinski definition) is 4. The largest absolute Gasteiger partial charge is 0.444 e. The summed E-state index contributed by atoms with van der Waals surface area (Å²) in [7, 11) is 0. The van der Waals surface area contributed by atoms with E-state index in [9.17, 15) is 10.0 Å². The van der Waals surface area contributed by atoms with Gasteiger partial charge in [0, 0.05) is 6.04 Å². The Morgan fingerprint density at radius 2 is 1.88 bits per heavy atom. The Hall–Kier alpha value is -2.24. The highest BCUT2D eigenvalue weighted by Gasteiger charge is 2.38. The van der Waals surface area contributed by atoms with Gasteiger partial charge < -0.3 is 15.7 Å². The van der Waals surface area contributed by atoms with Crippen LogP contribution in [0.2, 0.25) is 0 Å². The van der Waals surface area contributed by atoms with E-state index in [-0.39, 0.29) is 11.9 Å². The molecule has 2 rings (SSSR count). The molecule has 0 aromatic heterocycles. The smallest absolute Gasteiger partial charge is 0.411 e. The van der Waals surface area contributed by atoms with Crippen LogP contribution in [0.4, 0.5) is 4.79 Å². The third-order valence-electron chi connectivity index (χ3n) is 4.11. The molecule has 3 N–H and O–H groups in total. The second-order valence-corrected chi connectivity index (χ2v) is 7.16. The lowest BCUT2D eigenvalue weighted by Gasteiger charge is -2.37. The third-order valence-corrected chi connectivity index (χ3v) is 4.11. The molecule has 0 spiro atoms. The van der Waals surface area contributed by atoms with E-state index in [1.807, 2.05) is 51.1 Å². The number of amides is 1. The van der Waals surface area contributed by atoms with E-state index in [2.05, 4.69) is 5.16 Å². The van der Waals surface area contributed by atoms with Gasteiger partial charge in [-0.3, -0.25) is 4.90 Å². The molecule has 1 unspecified atom stereocenters. The van der Waals surface area contributed by atoms with Gasteiger partial charge in [0.2, 0.25) is 0 Å². The fraction of sp³-hybridized carbons (Fsp3) is 0.556. The standard InChI is InChI=1S/C18H27N3O3/c1-18(2,3)24-17(22)21(14-11-7-8-12-14)15(16(19)20-23)13-9-5-4-6-10-13/h4-6,9-10,14-15,23H,7-8,11-12H2,1-3H3,(H2,19,20). The second kappa shape index (κ2) is 7.55. The minimum atomic E-state index is -0.644. The summed E-state index contributed by atoms with van der Waals surface area (Å²) in [4.78, 5) is 14.5. The van der Waals surface area contributed by atoms with Crippen LogP contribution in [0, 0.1) is 0 Å². The molecule has 132 valence electrons. The monoisotopic (exact) mass is 333 g/mol. The number of amidine groups is 1. The maximum Gasteiger partial charge on any atom is 0.411 e. The Morgan fingerprint density at radius 1 is 1.29 bits per heavy atom. The summed E-state index contributed by atoms with van der Waals surface area (Å²) < 4.78 is 5.60. The molecule has 1 fully saturated rings. The van der Waals surface area contributed by atoms with Crippen LogP contribution < -0.4 is 5.73 Å². The number of rotatable bonds is 4. The highest BCUT2D eigenvalue weighted by molar-refractivity contribution is 5.89. The molecule has 0 bridgehead atoms. The quantitative estimate of drug-likeness (QED) is 0.381. The summed E-state index contributed by atoms with van der Waals surface area (Å²) in [5.74, 6) is -0.0149. The van der Waals surface area contributed by atoms with Crippen LogP contribution in [-0.2, 0) is 4.74 Å². The third kappa shape index (κ3) is 4.40. The van der Waals surface area contributed by atoms with Gasteiger partial charge in [-0.25, -0.2) is 4.79 Å². The fourth-order valence-corrected chi connectivity index (χ4v) is 3.13. The summed E-state index contributed by atoms with van der Waals surface area (Å²) >= 11 is 0. The lowest BCUT2D eigenvalue weighted by atomic mass is 10.0. The molecule has 1 atom stereocenters. The molecule has 1 aromatic carbocycles. The summed E-state index contributed by atoms with van der Waals surface area (Å²) in [6.45, 7) is 5.50. The Balaban J connectivity index is 2.42. The highest BCUT2D eigenvalue weighted by atomic mass is 16.6. The Morgan fingerprint density at radius 3 is 2.38 bits per heavy atom. The topological polar surface area (TPSA) is 88.2 Å². The van der Waals surface area contributed by atoms with E-state index >= 15 is 0 Å². The van der Waals surface area contributed by atoms with E-state index in [1.54, 1.807) is 4.90 Å². The number of ether oxygens (including phenoxy) is 1. The molecule has 0 heterocycles. The van der Waals surface area contributed by atoms with Gasteiger partial charge in [-0.1, -0.05) is 48.3 Å². The van der Waals surface area contributed by atoms with E-state index in [0.717, 1.165) is 31.2 Å². The maximum atomic E-state index is 12.9. The first-order valence-electron chi connectivity index (χ1n) is 8.37. The van der Waals surface area contributed by atoms with Crippen molar-refractivity contribution in [3.8, 4) is 0 Å². The molecule has 0 aliphatic heterocycles. The minimum Gasteiger partial charge on any atom is -0.444 e. The predicted octanol–water partition coefficient (Wildman–Crippen LogP) is 3.65. The van der Waals surface area contributed by atoms with Crippen molar-refractivity contribution in [1.29, 1.82) is 0 Å². The zero-order valence-electron chi connectivity index (χ0n) is 14.6. The molecule has 6 nitrogen and oxygen atoms in total. The lowest BCUT2D eigenvalue weighted by molar-refractivity contribution is 0.0113. The van der Waals surface area contributed by atoms with Crippen LogP contribution in [0.1, 0.15) is 58.1 Å². The van der Waals surface area contributed by atoms with Crippen LogP contribution in [0.5, 0.6) is 0 Å². The number of carbonyl (C=O) groups excluding carboxylic acids is 1. The van der Waals surface area contributed by atoms with Gasteiger partial charge in [-0.15, -0.1) is 0 Å². The van der Waals surface area contributed by atoms with E-state index in [4.69, 9.17) is 10.5 Å². The van der Waals surface area contributed by atoms with Crippen molar-refractivity contribution < 1.29 is 14.7 Å². The van der Waals surface area contributed by atoms with Gasteiger partial charge in [-0.05, 0) is 39.2 Å². The van der Waals surface area contributed by atoms with Gasteiger partial charge in [-0.2, -0.15) is 0 Å². The van der Waals surface area contributed by atoms with Crippen LogP contribution >= 0.6 is 0 Å². The molecule has 1 amide bonds. The van der Waals surface area contributed by atoms with Crippen molar-refractivity contribution in [1.82, 2.24) is 4.90 Å². The molecule has 1 aliphatic rings. The number of oxime groups is 1. The number of carbonyl (C=O) groups is 1. The Bertz CT molecular complexity index is 575. The van der Waals surface area contributed by atoms with E-state index in [0.29, 0.717) is 0 Å². The summed E-state index contributed by atoms with van der Waals surface area (Å²) in [5, 5.41) is 12.4. The first kappa shape index (κ1) is 18.1. The second-order valence-electron chi connectivity index (χ2n) is 7.16. The molecule has 6 heteroatoms. The van der Waals surface area contributed by atoms with Gasteiger partial charge in [0.1, 0.15) is 11.6 Å². The fourth-order valence-electron chi connectivity index (χ4n) is 3.13. The van der Waals surface area contributed by atoms with E-state index < -0.39 is 17.7 Å². The van der Waals surface area contributed by atoms with Crippen LogP contribution in [0.15, 0.2) is 35.5 Å². The zero-order valence-corrected chi connectivity index (χ0v) is 14.6. The SMILES string of the molecule is CC(C)(C)OC(=O)N(C1CCCC1)C(/C(N)=N/O)c1ccccc1.